The zero-order valence-corrected chi connectivity index (χ0v) is 15.9. The van der Waals surface area contributed by atoms with Crippen LogP contribution in [0.25, 0.3) is 5.69 Å². The second kappa shape index (κ2) is 6.00. The monoisotopic (exact) mass is 374 g/mol. The molecule has 2 atom stereocenters. The smallest absolute Gasteiger partial charge is 0.273 e. The van der Waals surface area contributed by atoms with Crippen LogP contribution in [0.15, 0.2) is 30.3 Å². The van der Waals surface area contributed by atoms with Gasteiger partial charge in [-0.1, -0.05) is 22.4 Å². The highest BCUT2D eigenvalue weighted by atomic mass is 32.3. The standard InChI is InChI=1S/C18H22N4O3S/c1-12-16-13(2)21(11-14-9-20(10-14)26(3,24)25)18(23)17(16)22(19-12)15-7-5-4-6-8-15/h4-8,13-14H,9-11H2,1-3H3. The summed E-state index contributed by atoms with van der Waals surface area (Å²) < 4.78 is 26.3. The number of para-hydroxylation sites is 1. The predicted octanol–water partition coefficient (Wildman–Crippen LogP) is 1.80. The maximum Gasteiger partial charge on any atom is 0.273 e. The van der Waals surface area contributed by atoms with Gasteiger partial charge in [0, 0.05) is 31.1 Å². The molecule has 0 bridgehead atoms. The molecule has 26 heavy (non-hydrogen) atoms. The van der Waals surface area contributed by atoms with Gasteiger partial charge in [-0.3, -0.25) is 4.79 Å². The van der Waals surface area contributed by atoms with Crippen LogP contribution in [0.3, 0.4) is 0 Å². The number of aryl methyl sites for hydroxylation is 1. The molecule has 1 saturated heterocycles. The molecule has 1 fully saturated rings. The SMILES string of the molecule is Cc1nn(-c2ccccc2)c2c1C(C)N(CC1CN([S+](C)(=O)[O-])C1)C2=O. The number of carbonyl (C=O) groups excluding carboxylic acids is 1. The maximum atomic E-state index is 13.1. The first-order valence-electron chi connectivity index (χ1n) is 8.68. The molecule has 2 aliphatic heterocycles. The van der Waals surface area contributed by atoms with Gasteiger partial charge in [-0.15, -0.1) is 4.31 Å². The van der Waals surface area contributed by atoms with E-state index in [-0.39, 0.29) is 17.9 Å². The average Bonchev–Trinajstić information content (AvgIpc) is 3.00. The van der Waals surface area contributed by atoms with Gasteiger partial charge in [-0.25, -0.2) is 4.68 Å². The molecule has 2 unspecified atom stereocenters. The van der Waals surface area contributed by atoms with Gasteiger partial charge in [0.2, 0.25) is 0 Å². The molecule has 0 spiro atoms. The lowest BCUT2D eigenvalue weighted by Gasteiger charge is -2.41. The van der Waals surface area contributed by atoms with E-state index in [9.17, 15) is 13.6 Å². The average molecular weight is 374 g/mol. The zero-order chi connectivity index (χ0) is 18.6. The molecular formula is C18H22N4O3S. The van der Waals surface area contributed by atoms with Gasteiger partial charge in [0.05, 0.1) is 17.4 Å². The van der Waals surface area contributed by atoms with Crippen LogP contribution in [0, 0.1) is 12.8 Å². The third-order valence-corrected chi connectivity index (χ3v) is 6.54. The summed E-state index contributed by atoms with van der Waals surface area (Å²) >= 11 is 0. The van der Waals surface area contributed by atoms with Crippen molar-refractivity contribution in [3.05, 3.63) is 47.3 Å². The molecule has 0 N–H and O–H groups in total. The molecule has 1 aromatic carbocycles. The van der Waals surface area contributed by atoms with Crippen molar-refractivity contribution in [2.75, 3.05) is 25.9 Å². The molecule has 3 heterocycles. The van der Waals surface area contributed by atoms with Crippen LogP contribution >= 0.6 is 0 Å². The normalized spacial score (nSPS) is 23.0. The van der Waals surface area contributed by atoms with Gasteiger partial charge in [0.25, 0.3) is 5.91 Å². The van der Waals surface area contributed by atoms with E-state index >= 15 is 0 Å². The van der Waals surface area contributed by atoms with Crippen molar-refractivity contribution in [1.29, 1.82) is 0 Å². The Morgan fingerprint density at radius 2 is 1.92 bits per heavy atom. The zero-order valence-electron chi connectivity index (χ0n) is 15.1. The first-order chi connectivity index (χ1) is 12.3. The van der Waals surface area contributed by atoms with Crippen LogP contribution in [0.4, 0.5) is 0 Å². The van der Waals surface area contributed by atoms with Crippen molar-refractivity contribution in [3.8, 4) is 5.69 Å². The molecule has 2 aromatic rings. The van der Waals surface area contributed by atoms with Gasteiger partial charge in [0.1, 0.15) is 22.3 Å². The van der Waals surface area contributed by atoms with Crippen LogP contribution in [-0.2, 0) is 14.6 Å². The van der Waals surface area contributed by atoms with Gasteiger partial charge >= 0.3 is 0 Å². The lowest BCUT2D eigenvalue weighted by molar-refractivity contribution is 0.0612. The van der Waals surface area contributed by atoms with E-state index in [0.29, 0.717) is 25.3 Å². The number of nitrogens with zero attached hydrogens (tertiary/aromatic N) is 4. The Kier molecular flexibility index (Phi) is 4.02. The van der Waals surface area contributed by atoms with Crippen molar-refractivity contribution in [3.63, 3.8) is 0 Å². The Bertz CT molecular complexity index is 899. The third-order valence-electron chi connectivity index (χ3n) is 5.30. The first-order valence-corrected chi connectivity index (χ1v) is 10.5. The number of hydrogen-bond donors (Lipinski definition) is 0. The van der Waals surface area contributed by atoms with Gasteiger partial charge < -0.3 is 9.45 Å². The summed E-state index contributed by atoms with van der Waals surface area (Å²) in [7, 11) is -3.14. The topological polar surface area (TPSA) is 81.5 Å². The minimum Gasteiger partial charge on any atom is -0.598 e. The number of sulfonamides is 1. The Morgan fingerprint density at radius 3 is 2.54 bits per heavy atom. The van der Waals surface area contributed by atoms with Crippen molar-refractivity contribution in [1.82, 2.24) is 19.0 Å². The summed E-state index contributed by atoms with van der Waals surface area (Å²) in [6.45, 7) is 5.47. The Hall–Kier alpha value is -2.03. The quantitative estimate of drug-likeness (QED) is 0.764. The number of aromatic nitrogens is 2. The molecule has 1 aromatic heterocycles. The number of amides is 1. The molecule has 1 amide bonds. The molecule has 0 aliphatic carbocycles. The summed E-state index contributed by atoms with van der Waals surface area (Å²) in [5.74, 6) is 0.147. The van der Waals surface area contributed by atoms with Gasteiger partial charge in [0.15, 0.2) is 0 Å². The molecule has 2 aliphatic rings. The second-order valence-electron chi connectivity index (χ2n) is 7.17. The van der Waals surface area contributed by atoms with E-state index in [1.807, 2.05) is 49.1 Å². The van der Waals surface area contributed by atoms with Crippen LogP contribution in [0.5, 0.6) is 0 Å². The summed E-state index contributed by atoms with van der Waals surface area (Å²) in [5.41, 5.74) is 3.32. The number of fused-ring (bicyclic) bond motifs is 1. The number of carbonyl (C=O) groups is 1. The summed E-state index contributed by atoms with van der Waals surface area (Å²) in [6, 6.07) is 9.59. The Labute approximate surface area is 154 Å². The predicted molar refractivity (Wildman–Crippen MR) is 97.6 cm³/mol. The molecule has 8 heteroatoms. The van der Waals surface area contributed by atoms with Crippen molar-refractivity contribution in [2.45, 2.75) is 19.9 Å². The van der Waals surface area contributed by atoms with E-state index in [2.05, 4.69) is 5.10 Å². The minimum absolute atomic E-state index is 0.0326. The largest absolute Gasteiger partial charge is 0.598 e. The summed E-state index contributed by atoms with van der Waals surface area (Å²) in [6.07, 6.45) is 1.22. The van der Waals surface area contributed by atoms with Crippen molar-refractivity contribution in [2.24, 2.45) is 5.92 Å². The van der Waals surface area contributed by atoms with Gasteiger partial charge in [-0.05, 0) is 26.0 Å². The van der Waals surface area contributed by atoms with E-state index in [1.54, 1.807) is 4.68 Å². The highest BCUT2D eigenvalue weighted by Crippen LogP contribution is 2.38. The first kappa shape index (κ1) is 17.4. The number of rotatable bonds is 4. The fourth-order valence-corrected chi connectivity index (χ4v) is 4.86. The number of hydrogen-bond acceptors (Lipinski definition) is 4. The lowest BCUT2D eigenvalue weighted by atomic mass is 10.0. The van der Waals surface area contributed by atoms with Gasteiger partial charge in [-0.2, -0.15) is 5.10 Å². The number of benzene rings is 1. The summed E-state index contributed by atoms with van der Waals surface area (Å²) in [4.78, 5) is 15.0. The molecule has 4 rings (SSSR count). The fraction of sp³-hybridized carbons (Fsp3) is 0.444. The molecular weight excluding hydrogens is 352 g/mol. The highest BCUT2D eigenvalue weighted by Gasteiger charge is 2.44. The van der Waals surface area contributed by atoms with Crippen molar-refractivity contribution < 1.29 is 13.6 Å². The van der Waals surface area contributed by atoms with E-state index in [0.717, 1.165) is 16.9 Å². The highest BCUT2D eigenvalue weighted by molar-refractivity contribution is 7.94. The van der Waals surface area contributed by atoms with Crippen LogP contribution < -0.4 is 0 Å². The van der Waals surface area contributed by atoms with E-state index in [1.165, 1.54) is 10.6 Å². The van der Waals surface area contributed by atoms with Crippen molar-refractivity contribution >= 4 is 16.3 Å². The van der Waals surface area contributed by atoms with E-state index < -0.39 is 10.4 Å². The maximum absolute atomic E-state index is 13.1. The Morgan fingerprint density at radius 1 is 1.27 bits per heavy atom. The molecule has 138 valence electrons. The minimum atomic E-state index is -3.14. The third kappa shape index (κ3) is 2.69. The Balaban J connectivity index is 1.58. The van der Waals surface area contributed by atoms with Crippen LogP contribution in [-0.4, -0.2) is 55.3 Å². The van der Waals surface area contributed by atoms with E-state index in [4.69, 9.17) is 0 Å². The second-order valence-corrected chi connectivity index (χ2v) is 9.16. The molecule has 0 saturated carbocycles. The van der Waals surface area contributed by atoms with Crippen LogP contribution in [0.1, 0.15) is 34.7 Å². The lowest BCUT2D eigenvalue weighted by Crippen LogP contribution is -2.55. The fourth-order valence-electron chi connectivity index (χ4n) is 3.90. The summed E-state index contributed by atoms with van der Waals surface area (Å²) in [5, 5.41) is 4.58. The van der Waals surface area contributed by atoms with Crippen LogP contribution in [0.2, 0.25) is 0 Å². The molecule has 7 nitrogen and oxygen atoms in total. The molecule has 0 radical (unpaired) electrons.